The minimum Gasteiger partial charge on any atom is -0.486 e. The molecule has 0 N–H and O–H groups in total. The number of halogens is 1. The molecule has 2 aromatic carbocycles. The van der Waals surface area contributed by atoms with Gasteiger partial charge in [-0.05, 0) is 52.7 Å². The molecule has 6 nitrogen and oxygen atoms in total. The van der Waals surface area contributed by atoms with Crippen molar-refractivity contribution in [1.29, 1.82) is 0 Å². The number of hydrogen-bond donors (Lipinski definition) is 0. The molecule has 0 unspecified atom stereocenters. The van der Waals surface area contributed by atoms with Crippen LogP contribution in [0.4, 0.5) is 0 Å². The van der Waals surface area contributed by atoms with E-state index in [2.05, 4.69) is 15.9 Å². The van der Waals surface area contributed by atoms with Gasteiger partial charge in [-0.25, -0.2) is 0 Å². The highest BCUT2D eigenvalue weighted by Crippen LogP contribution is 2.38. The Morgan fingerprint density at radius 1 is 1.00 bits per heavy atom. The minimum absolute atomic E-state index is 0.0453. The maximum Gasteiger partial charge on any atom is 0.254 e. The third-order valence-corrected chi connectivity index (χ3v) is 5.08. The molecular weight excluding hydrogens is 424 g/mol. The maximum absolute atomic E-state index is 13.0. The van der Waals surface area contributed by atoms with Crippen LogP contribution in [0.2, 0.25) is 0 Å². The molecule has 0 radical (unpaired) electrons. The Bertz CT molecular complexity index is 881. The molecule has 0 saturated heterocycles. The first-order chi connectivity index (χ1) is 13.4. The number of amides is 2. The van der Waals surface area contributed by atoms with Gasteiger partial charge < -0.3 is 19.3 Å². The third kappa shape index (κ3) is 4.30. The SMILES string of the molecule is CCN(Cc1ccc(C(=O)N(C)C)cc1)C(=O)c1cc(Br)c2c(c1)OCCO2. The molecule has 0 atom stereocenters. The molecule has 2 amide bonds. The quantitative estimate of drug-likeness (QED) is 0.703. The van der Waals surface area contributed by atoms with E-state index in [9.17, 15) is 9.59 Å². The van der Waals surface area contributed by atoms with E-state index in [1.165, 1.54) is 4.90 Å². The Labute approximate surface area is 173 Å². The molecule has 148 valence electrons. The van der Waals surface area contributed by atoms with E-state index < -0.39 is 0 Å². The van der Waals surface area contributed by atoms with Gasteiger partial charge in [-0.3, -0.25) is 9.59 Å². The number of nitrogens with zero attached hydrogens (tertiary/aromatic N) is 2. The zero-order valence-electron chi connectivity index (χ0n) is 16.2. The normalized spacial score (nSPS) is 12.4. The Morgan fingerprint density at radius 2 is 1.68 bits per heavy atom. The highest BCUT2D eigenvalue weighted by atomic mass is 79.9. The smallest absolute Gasteiger partial charge is 0.254 e. The highest BCUT2D eigenvalue weighted by Gasteiger charge is 2.22. The second-order valence-corrected chi connectivity index (χ2v) is 7.55. The first kappa shape index (κ1) is 20.2. The third-order valence-electron chi connectivity index (χ3n) is 4.49. The van der Waals surface area contributed by atoms with E-state index in [4.69, 9.17) is 9.47 Å². The van der Waals surface area contributed by atoms with Crippen molar-refractivity contribution in [2.75, 3.05) is 33.9 Å². The molecule has 0 saturated carbocycles. The summed E-state index contributed by atoms with van der Waals surface area (Å²) >= 11 is 3.46. The monoisotopic (exact) mass is 446 g/mol. The Balaban J connectivity index is 1.77. The molecule has 2 aromatic rings. The van der Waals surface area contributed by atoms with Gasteiger partial charge >= 0.3 is 0 Å². The largest absolute Gasteiger partial charge is 0.486 e. The van der Waals surface area contributed by atoms with Gasteiger partial charge in [-0.1, -0.05) is 12.1 Å². The summed E-state index contributed by atoms with van der Waals surface area (Å²) in [4.78, 5) is 28.3. The number of rotatable bonds is 5. The van der Waals surface area contributed by atoms with Crippen LogP contribution in [-0.2, 0) is 6.54 Å². The Kier molecular flexibility index (Phi) is 6.24. The zero-order valence-corrected chi connectivity index (χ0v) is 17.8. The molecule has 3 rings (SSSR count). The molecule has 0 bridgehead atoms. The van der Waals surface area contributed by atoms with Crippen molar-refractivity contribution < 1.29 is 19.1 Å². The van der Waals surface area contributed by atoms with Crippen molar-refractivity contribution in [3.05, 3.63) is 57.6 Å². The molecule has 1 heterocycles. The van der Waals surface area contributed by atoms with Crippen molar-refractivity contribution in [2.24, 2.45) is 0 Å². The summed E-state index contributed by atoms with van der Waals surface area (Å²) < 4.78 is 11.9. The maximum atomic E-state index is 13.0. The fourth-order valence-electron chi connectivity index (χ4n) is 2.98. The van der Waals surface area contributed by atoms with Gasteiger partial charge in [0, 0.05) is 38.3 Å². The van der Waals surface area contributed by atoms with Crippen molar-refractivity contribution in [3.63, 3.8) is 0 Å². The van der Waals surface area contributed by atoms with Gasteiger partial charge in [0.2, 0.25) is 0 Å². The molecule has 1 aliphatic rings. The van der Waals surface area contributed by atoms with E-state index in [1.54, 1.807) is 43.3 Å². The predicted molar refractivity (Wildman–Crippen MR) is 110 cm³/mol. The molecule has 0 aliphatic carbocycles. The van der Waals surface area contributed by atoms with Crippen molar-refractivity contribution in [3.8, 4) is 11.5 Å². The summed E-state index contributed by atoms with van der Waals surface area (Å²) in [6.07, 6.45) is 0. The van der Waals surface area contributed by atoms with Crippen LogP contribution < -0.4 is 9.47 Å². The predicted octanol–water partition coefficient (Wildman–Crippen LogP) is 3.58. The summed E-state index contributed by atoms with van der Waals surface area (Å²) in [5, 5.41) is 0. The molecule has 0 spiro atoms. The van der Waals surface area contributed by atoms with Crippen molar-refractivity contribution >= 4 is 27.7 Å². The number of carbonyl (C=O) groups excluding carboxylic acids is 2. The van der Waals surface area contributed by atoms with Gasteiger partial charge in [-0.2, -0.15) is 0 Å². The summed E-state index contributed by atoms with van der Waals surface area (Å²) in [5.74, 6) is 1.07. The van der Waals surface area contributed by atoms with Crippen LogP contribution in [0.25, 0.3) is 0 Å². The van der Waals surface area contributed by atoms with E-state index in [0.29, 0.717) is 53.4 Å². The summed E-state index contributed by atoms with van der Waals surface area (Å²) in [6, 6.07) is 10.8. The van der Waals surface area contributed by atoms with E-state index >= 15 is 0 Å². The average molecular weight is 447 g/mol. The highest BCUT2D eigenvalue weighted by molar-refractivity contribution is 9.10. The second-order valence-electron chi connectivity index (χ2n) is 6.70. The average Bonchev–Trinajstić information content (AvgIpc) is 2.71. The van der Waals surface area contributed by atoms with Crippen LogP contribution in [0.3, 0.4) is 0 Å². The van der Waals surface area contributed by atoms with Crippen LogP contribution in [0.15, 0.2) is 40.9 Å². The fourth-order valence-corrected chi connectivity index (χ4v) is 3.53. The number of hydrogen-bond acceptors (Lipinski definition) is 4. The molecular formula is C21H23BrN2O4. The molecule has 0 fully saturated rings. The lowest BCUT2D eigenvalue weighted by atomic mass is 10.1. The molecule has 0 aromatic heterocycles. The topological polar surface area (TPSA) is 59.1 Å². The number of benzene rings is 2. The summed E-state index contributed by atoms with van der Waals surface area (Å²) in [5.41, 5.74) is 2.12. The van der Waals surface area contributed by atoms with Gasteiger partial charge in [0.25, 0.3) is 11.8 Å². The molecule has 28 heavy (non-hydrogen) atoms. The zero-order chi connectivity index (χ0) is 20.3. The van der Waals surface area contributed by atoms with Gasteiger partial charge in [0.1, 0.15) is 13.2 Å². The van der Waals surface area contributed by atoms with Crippen LogP contribution >= 0.6 is 15.9 Å². The number of carbonyl (C=O) groups is 2. The second kappa shape index (κ2) is 8.65. The minimum atomic E-state index is -0.0892. The standard InChI is InChI=1S/C21H23BrN2O4/c1-4-24(13-14-5-7-15(8-6-14)20(25)23(2)3)21(26)16-11-17(22)19-18(12-16)27-9-10-28-19/h5-8,11-12H,4,9-10,13H2,1-3H3. The molecule has 7 heteroatoms. The van der Waals surface area contributed by atoms with Crippen molar-refractivity contribution in [1.82, 2.24) is 9.80 Å². The van der Waals surface area contributed by atoms with Crippen LogP contribution in [-0.4, -0.2) is 55.5 Å². The first-order valence-corrected chi connectivity index (χ1v) is 9.89. The fraction of sp³-hybridized carbons (Fsp3) is 0.333. The van der Waals surface area contributed by atoms with E-state index in [-0.39, 0.29) is 11.8 Å². The Morgan fingerprint density at radius 3 is 2.32 bits per heavy atom. The number of ether oxygens (including phenoxy) is 2. The van der Waals surface area contributed by atoms with Crippen LogP contribution in [0.5, 0.6) is 11.5 Å². The van der Waals surface area contributed by atoms with Crippen LogP contribution in [0.1, 0.15) is 33.2 Å². The summed E-state index contributed by atoms with van der Waals surface area (Å²) in [7, 11) is 3.44. The number of fused-ring (bicyclic) bond motifs is 1. The van der Waals surface area contributed by atoms with Gasteiger partial charge in [0.15, 0.2) is 11.5 Å². The lowest BCUT2D eigenvalue weighted by molar-refractivity contribution is 0.0750. The molecule has 1 aliphatic heterocycles. The van der Waals surface area contributed by atoms with Crippen LogP contribution in [0, 0.1) is 0 Å². The Hall–Kier alpha value is -2.54. The van der Waals surface area contributed by atoms with Gasteiger partial charge in [-0.15, -0.1) is 0 Å². The first-order valence-electron chi connectivity index (χ1n) is 9.09. The van der Waals surface area contributed by atoms with Gasteiger partial charge in [0.05, 0.1) is 4.47 Å². The van der Waals surface area contributed by atoms with E-state index in [0.717, 1.165) is 5.56 Å². The summed E-state index contributed by atoms with van der Waals surface area (Å²) in [6.45, 7) is 3.91. The lowest BCUT2D eigenvalue weighted by Gasteiger charge is -2.24. The lowest BCUT2D eigenvalue weighted by Crippen LogP contribution is -2.30. The van der Waals surface area contributed by atoms with E-state index in [1.807, 2.05) is 19.1 Å². The van der Waals surface area contributed by atoms with Crippen molar-refractivity contribution in [2.45, 2.75) is 13.5 Å².